The van der Waals surface area contributed by atoms with E-state index in [4.69, 9.17) is 0 Å². The third-order valence-corrected chi connectivity index (χ3v) is 8.23. The Morgan fingerprint density at radius 1 is 0.879 bits per heavy atom. The molecule has 3 aliphatic carbocycles. The summed E-state index contributed by atoms with van der Waals surface area (Å²) in [6.45, 7) is 0.529. The van der Waals surface area contributed by atoms with Crippen LogP contribution in [0, 0.1) is 11.7 Å². The topological polar surface area (TPSA) is 75.3 Å². The van der Waals surface area contributed by atoms with E-state index in [2.05, 4.69) is 58.6 Å². The molecule has 0 aromatic heterocycles. The Morgan fingerprint density at radius 2 is 1.45 bits per heavy atom. The number of nitrogens with one attached hydrogen (secondary N) is 2. The molecule has 3 aromatic carbocycles. The minimum absolute atomic E-state index is 0.0199. The first kappa shape index (κ1) is 21.8. The van der Waals surface area contributed by atoms with E-state index in [0.717, 1.165) is 18.6 Å². The molecule has 0 saturated heterocycles. The second-order valence-electron chi connectivity index (χ2n) is 8.69. The van der Waals surface area contributed by atoms with Gasteiger partial charge in [-0.1, -0.05) is 48.5 Å². The summed E-state index contributed by atoms with van der Waals surface area (Å²) in [5.41, 5.74) is 5.47. The molecule has 6 rings (SSSR count). The van der Waals surface area contributed by atoms with Crippen molar-refractivity contribution >= 4 is 15.9 Å². The summed E-state index contributed by atoms with van der Waals surface area (Å²) < 4.78 is 40.0. The first-order valence-electron chi connectivity index (χ1n) is 11.1. The van der Waals surface area contributed by atoms with E-state index in [1.54, 1.807) is 0 Å². The van der Waals surface area contributed by atoms with E-state index in [1.807, 2.05) is 0 Å². The van der Waals surface area contributed by atoms with Gasteiger partial charge in [0.05, 0.1) is 4.90 Å². The predicted molar refractivity (Wildman–Crippen MR) is 124 cm³/mol. The summed E-state index contributed by atoms with van der Waals surface area (Å²) in [6, 6.07) is 21.7. The van der Waals surface area contributed by atoms with Crippen molar-refractivity contribution in [3.8, 4) is 0 Å². The number of carbonyl (C=O) groups is 1. The fraction of sp³-hybridized carbons (Fsp3) is 0.269. The van der Waals surface area contributed by atoms with E-state index >= 15 is 0 Å². The zero-order chi connectivity index (χ0) is 23.0. The third-order valence-electron chi connectivity index (χ3n) is 6.75. The Balaban J connectivity index is 1.20. The molecule has 0 aliphatic heterocycles. The first-order valence-corrected chi connectivity index (χ1v) is 12.6. The van der Waals surface area contributed by atoms with Gasteiger partial charge in [0.25, 0.3) is 0 Å². The van der Waals surface area contributed by atoms with Crippen molar-refractivity contribution in [2.24, 2.45) is 5.92 Å². The van der Waals surface area contributed by atoms with Gasteiger partial charge in [0.15, 0.2) is 0 Å². The lowest BCUT2D eigenvalue weighted by molar-refractivity contribution is -0.121. The summed E-state index contributed by atoms with van der Waals surface area (Å²) in [4.78, 5) is 12.4. The lowest BCUT2D eigenvalue weighted by Crippen LogP contribution is -2.40. The fourth-order valence-electron chi connectivity index (χ4n) is 5.29. The number of halogens is 1. The maximum absolute atomic E-state index is 13.0. The molecule has 170 valence electrons. The number of carbonyl (C=O) groups excluding carboxylic acids is 1. The zero-order valence-corrected chi connectivity index (χ0v) is 18.8. The van der Waals surface area contributed by atoms with E-state index in [9.17, 15) is 17.6 Å². The van der Waals surface area contributed by atoms with Crippen LogP contribution in [0.15, 0.2) is 77.7 Å². The molecule has 0 saturated carbocycles. The lowest BCUT2D eigenvalue weighted by Gasteiger charge is -2.45. The molecule has 1 unspecified atom stereocenters. The quantitative estimate of drug-likeness (QED) is 0.557. The van der Waals surface area contributed by atoms with Crippen LogP contribution in [-0.2, 0) is 14.8 Å². The maximum Gasteiger partial charge on any atom is 0.240 e. The number of fused-ring (bicyclic) bond motifs is 1. The van der Waals surface area contributed by atoms with E-state index in [1.165, 1.54) is 34.4 Å². The van der Waals surface area contributed by atoms with Crippen molar-refractivity contribution in [1.82, 2.24) is 10.0 Å². The molecule has 0 spiro atoms. The van der Waals surface area contributed by atoms with Crippen LogP contribution in [0.3, 0.4) is 0 Å². The van der Waals surface area contributed by atoms with Gasteiger partial charge in [-0.2, -0.15) is 0 Å². The molecule has 2 N–H and O–H groups in total. The highest BCUT2D eigenvalue weighted by atomic mass is 32.2. The minimum atomic E-state index is -3.78. The Morgan fingerprint density at radius 3 is 2.06 bits per heavy atom. The molecule has 3 aromatic rings. The van der Waals surface area contributed by atoms with Crippen LogP contribution in [0.5, 0.6) is 0 Å². The molecule has 0 fully saturated rings. The largest absolute Gasteiger partial charge is 0.356 e. The highest BCUT2D eigenvalue weighted by Gasteiger charge is 2.42. The van der Waals surface area contributed by atoms with Gasteiger partial charge in [-0.15, -0.1) is 0 Å². The number of hydrogen-bond donors (Lipinski definition) is 2. The Bertz CT molecular complexity index is 1240. The van der Waals surface area contributed by atoms with Crippen LogP contribution >= 0.6 is 0 Å². The van der Waals surface area contributed by atoms with Crippen LogP contribution < -0.4 is 10.0 Å². The minimum Gasteiger partial charge on any atom is -0.356 e. The summed E-state index contributed by atoms with van der Waals surface area (Å²) in [7, 11) is -3.78. The number of hydrogen-bond acceptors (Lipinski definition) is 3. The predicted octanol–water partition coefficient (Wildman–Crippen LogP) is 3.91. The Labute approximate surface area is 193 Å². The van der Waals surface area contributed by atoms with E-state index < -0.39 is 15.8 Å². The van der Waals surface area contributed by atoms with Crippen LogP contribution in [0.2, 0.25) is 0 Å². The molecule has 0 radical (unpaired) electrons. The summed E-state index contributed by atoms with van der Waals surface area (Å²) >= 11 is 0. The van der Waals surface area contributed by atoms with Crippen molar-refractivity contribution in [2.75, 3.05) is 13.1 Å². The number of sulfonamides is 1. The molecular weight excluding hydrogens is 439 g/mol. The number of rotatable bonds is 7. The van der Waals surface area contributed by atoms with Crippen molar-refractivity contribution in [1.29, 1.82) is 0 Å². The van der Waals surface area contributed by atoms with Crippen LogP contribution in [0.1, 0.15) is 46.9 Å². The van der Waals surface area contributed by atoms with Crippen molar-refractivity contribution in [3.05, 3.63) is 101 Å². The van der Waals surface area contributed by atoms with Gasteiger partial charge >= 0.3 is 0 Å². The SMILES string of the molecule is O=C(CCNS(=O)(=O)c1ccc(F)cc1)NCC1CC2c3ccccc3C1c1ccccc12. The second-order valence-corrected chi connectivity index (χ2v) is 10.5. The molecule has 0 heterocycles. The number of amides is 1. The smallest absolute Gasteiger partial charge is 0.240 e. The molecule has 33 heavy (non-hydrogen) atoms. The lowest BCUT2D eigenvalue weighted by atomic mass is 9.59. The molecule has 5 nitrogen and oxygen atoms in total. The molecule has 7 heteroatoms. The van der Waals surface area contributed by atoms with Crippen molar-refractivity contribution in [3.63, 3.8) is 0 Å². The second kappa shape index (κ2) is 8.72. The molecule has 2 bridgehead atoms. The standard InChI is InChI=1S/C26H25FN2O3S/c27-18-9-11-19(12-10-18)33(31,32)29-14-13-25(30)28-16-17-15-24-20-5-1-3-7-22(20)26(17)23-8-4-2-6-21(23)24/h1-12,17,24,26,29H,13-16H2,(H,28,30). The van der Waals surface area contributed by atoms with E-state index in [0.29, 0.717) is 18.4 Å². The summed E-state index contributed by atoms with van der Waals surface area (Å²) in [5.74, 6) is 0.181. The maximum atomic E-state index is 13.0. The van der Waals surface area contributed by atoms with Crippen molar-refractivity contribution < 1.29 is 17.6 Å². The zero-order valence-electron chi connectivity index (χ0n) is 18.0. The Kier molecular flexibility index (Phi) is 5.76. The van der Waals surface area contributed by atoms with Crippen molar-refractivity contribution in [2.45, 2.75) is 29.6 Å². The van der Waals surface area contributed by atoms with E-state index in [-0.39, 0.29) is 29.7 Å². The number of benzene rings is 3. The monoisotopic (exact) mass is 464 g/mol. The highest BCUT2D eigenvalue weighted by molar-refractivity contribution is 7.89. The fourth-order valence-corrected chi connectivity index (χ4v) is 6.32. The van der Waals surface area contributed by atoms with Gasteiger partial charge in [0.2, 0.25) is 15.9 Å². The average Bonchev–Trinajstić information content (AvgIpc) is 2.83. The van der Waals surface area contributed by atoms with Gasteiger partial charge < -0.3 is 5.32 Å². The van der Waals surface area contributed by atoms with Crippen LogP contribution in [0.25, 0.3) is 0 Å². The summed E-state index contributed by atoms with van der Waals surface area (Å²) in [6.07, 6.45) is 1.02. The van der Waals surface area contributed by atoms with Gasteiger partial charge in [-0.25, -0.2) is 17.5 Å². The molecular formula is C26H25FN2O3S. The van der Waals surface area contributed by atoms with Gasteiger partial charge in [-0.3, -0.25) is 4.79 Å². The van der Waals surface area contributed by atoms with Crippen LogP contribution in [-0.4, -0.2) is 27.4 Å². The normalized spacial score (nSPS) is 20.7. The summed E-state index contributed by atoms with van der Waals surface area (Å²) in [5, 5.41) is 3.01. The average molecular weight is 465 g/mol. The first-order chi connectivity index (χ1) is 15.9. The molecule has 3 aliphatic rings. The Hall–Kier alpha value is -3.03. The van der Waals surface area contributed by atoms with Gasteiger partial charge in [-0.05, 0) is 58.9 Å². The molecule has 1 atom stereocenters. The highest BCUT2D eigenvalue weighted by Crippen LogP contribution is 2.55. The van der Waals surface area contributed by atoms with Gasteiger partial charge in [0, 0.05) is 31.3 Å². The third kappa shape index (κ3) is 4.18. The van der Waals surface area contributed by atoms with Crippen LogP contribution in [0.4, 0.5) is 4.39 Å². The molecule has 1 amide bonds. The van der Waals surface area contributed by atoms with Gasteiger partial charge in [0.1, 0.15) is 5.82 Å².